The first-order valence-corrected chi connectivity index (χ1v) is 19.3. The summed E-state index contributed by atoms with van der Waals surface area (Å²) in [6, 6.07) is 54.8. The Hall–Kier alpha value is -6.06. The molecule has 0 aliphatic carbocycles. The van der Waals surface area contributed by atoms with Crippen LogP contribution >= 0.6 is 22.7 Å². The summed E-state index contributed by atoms with van der Waals surface area (Å²) in [5.74, 6) is 0. The normalized spacial score (nSPS) is 12.0. The van der Waals surface area contributed by atoms with Gasteiger partial charge in [0, 0.05) is 29.9 Å². The van der Waals surface area contributed by atoms with E-state index in [1.54, 1.807) is 0 Å². The first-order valence-electron chi connectivity index (χ1n) is 17.6. The van der Waals surface area contributed by atoms with Crippen LogP contribution < -0.4 is 0 Å². The molecule has 0 radical (unpaired) electrons. The number of hydrogen-bond donors (Lipinski definition) is 0. The molecule has 9 aromatic carbocycles. The molecule has 0 spiro atoms. The van der Waals surface area contributed by atoms with Gasteiger partial charge in [-0.2, -0.15) is 0 Å². The van der Waals surface area contributed by atoms with Crippen LogP contribution in [0.25, 0.3) is 118 Å². The molecule has 0 fully saturated rings. The van der Waals surface area contributed by atoms with Gasteiger partial charge in [-0.15, -0.1) is 22.7 Å². The minimum Gasteiger partial charge on any atom is -0.135 e. The fourth-order valence-corrected chi connectivity index (χ4v) is 10.4. The van der Waals surface area contributed by atoms with E-state index >= 15 is 0 Å². The summed E-state index contributed by atoms with van der Waals surface area (Å²) in [4.78, 5) is 2.59. The van der Waals surface area contributed by atoms with Crippen LogP contribution in [0, 0.1) is 0 Å². The Kier molecular flexibility index (Phi) is 6.40. The highest BCUT2D eigenvalue weighted by atomic mass is 32.1. The van der Waals surface area contributed by atoms with Gasteiger partial charge in [0.2, 0.25) is 0 Å². The third kappa shape index (κ3) is 4.45. The summed E-state index contributed by atoms with van der Waals surface area (Å²) in [7, 11) is 0. The van der Waals surface area contributed by atoms with Crippen molar-refractivity contribution >= 4 is 120 Å². The SMILES string of the molecule is C=Cc1cc2ccc(-c3cc4c(ccc5c4ccc4c6ccc7sc(-c8ccc9cc%10ccccc%10cc9c8)cc7c6ccc54)s3)cc2cc1C=C. The minimum atomic E-state index is 1.11. The van der Waals surface area contributed by atoms with E-state index in [2.05, 4.69) is 159 Å². The lowest BCUT2D eigenvalue weighted by Crippen LogP contribution is -1.83. The first kappa shape index (κ1) is 29.6. The number of fused-ring (bicyclic) bond motifs is 12. The van der Waals surface area contributed by atoms with Crippen molar-refractivity contribution < 1.29 is 0 Å². The van der Waals surface area contributed by atoms with E-state index < -0.39 is 0 Å². The van der Waals surface area contributed by atoms with Gasteiger partial charge >= 0.3 is 0 Å². The lowest BCUT2D eigenvalue weighted by atomic mass is 9.94. The molecular formula is C50H30S2. The van der Waals surface area contributed by atoms with Crippen LogP contribution in [0.15, 0.2) is 159 Å². The zero-order chi connectivity index (χ0) is 34.5. The van der Waals surface area contributed by atoms with E-state index in [0.29, 0.717) is 0 Å². The summed E-state index contributed by atoms with van der Waals surface area (Å²) in [5.41, 5.74) is 4.74. The monoisotopic (exact) mass is 694 g/mol. The Balaban J connectivity index is 1.01. The van der Waals surface area contributed by atoms with E-state index in [1.807, 2.05) is 34.8 Å². The molecule has 0 N–H and O–H groups in total. The Morgan fingerprint density at radius 3 is 1.21 bits per heavy atom. The largest absolute Gasteiger partial charge is 0.135 e. The van der Waals surface area contributed by atoms with Crippen molar-refractivity contribution in [2.75, 3.05) is 0 Å². The number of benzene rings is 9. The molecule has 2 heterocycles. The number of thiophene rings is 2. The highest BCUT2D eigenvalue weighted by Crippen LogP contribution is 2.44. The number of hydrogen-bond acceptors (Lipinski definition) is 2. The predicted molar refractivity (Wildman–Crippen MR) is 233 cm³/mol. The van der Waals surface area contributed by atoms with Crippen LogP contribution in [-0.2, 0) is 0 Å². The molecule has 2 aromatic heterocycles. The van der Waals surface area contributed by atoms with Crippen LogP contribution in [0.2, 0.25) is 0 Å². The third-order valence-electron chi connectivity index (χ3n) is 10.9. The van der Waals surface area contributed by atoms with E-state index in [0.717, 1.165) is 11.1 Å². The molecule has 0 saturated carbocycles. The van der Waals surface area contributed by atoms with Crippen molar-refractivity contribution in [1.29, 1.82) is 0 Å². The van der Waals surface area contributed by atoms with Gasteiger partial charge in [-0.3, -0.25) is 0 Å². The van der Waals surface area contributed by atoms with Gasteiger partial charge in [-0.05, 0) is 148 Å². The molecule has 0 saturated heterocycles. The third-order valence-corrected chi connectivity index (χ3v) is 13.2. The molecule has 0 unspecified atom stereocenters. The standard InChI is InChI=1S/C50H30S2/c1-3-29-21-33-9-11-35(25-37(33)22-30(29)4-2)49-27-45-43-15-13-40-39(41(43)17-19-47(45)51-49)14-16-44-42(40)18-20-48-46(44)28-50(52-48)36-12-10-34-23-31-7-5-6-8-32(31)24-38(34)26-36/h3-28H,1-2H2. The van der Waals surface area contributed by atoms with Crippen LogP contribution in [0.1, 0.15) is 11.1 Å². The van der Waals surface area contributed by atoms with Crippen molar-refractivity contribution in [3.8, 4) is 20.9 Å². The van der Waals surface area contributed by atoms with Gasteiger partial charge in [0.05, 0.1) is 0 Å². The molecule has 242 valence electrons. The van der Waals surface area contributed by atoms with Crippen molar-refractivity contribution in [3.63, 3.8) is 0 Å². The zero-order valence-corrected chi connectivity index (χ0v) is 29.9. The van der Waals surface area contributed by atoms with Crippen LogP contribution in [0.3, 0.4) is 0 Å². The predicted octanol–water partition coefficient (Wildman–Crippen LogP) is 15.7. The molecule has 0 aliphatic rings. The van der Waals surface area contributed by atoms with Gasteiger partial charge < -0.3 is 0 Å². The summed E-state index contributed by atoms with van der Waals surface area (Å²) < 4.78 is 2.63. The lowest BCUT2D eigenvalue weighted by molar-refractivity contribution is 1.66. The first-order chi connectivity index (χ1) is 25.6. The highest BCUT2D eigenvalue weighted by molar-refractivity contribution is 7.22. The Labute approximate surface area is 308 Å². The maximum absolute atomic E-state index is 4.02. The molecule has 11 rings (SSSR count). The summed E-state index contributed by atoms with van der Waals surface area (Å²) in [5, 5.41) is 18.0. The van der Waals surface area contributed by atoms with Gasteiger partial charge in [-0.1, -0.05) is 110 Å². The molecule has 0 nitrogen and oxygen atoms in total. The van der Waals surface area contributed by atoms with Gasteiger partial charge in [0.25, 0.3) is 0 Å². The topological polar surface area (TPSA) is 0 Å². The number of rotatable bonds is 4. The Bertz CT molecular complexity index is 3330. The Morgan fingerprint density at radius 2 is 0.712 bits per heavy atom. The molecule has 0 bridgehead atoms. The second kappa shape index (κ2) is 11.2. The van der Waals surface area contributed by atoms with Crippen molar-refractivity contribution in [3.05, 3.63) is 170 Å². The van der Waals surface area contributed by atoms with Crippen molar-refractivity contribution in [1.82, 2.24) is 0 Å². The van der Waals surface area contributed by atoms with E-state index in [9.17, 15) is 0 Å². The summed E-state index contributed by atoms with van der Waals surface area (Å²) >= 11 is 3.75. The lowest BCUT2D eigenvalue weighted by Gasteiger charge is -2.09. The van der Waals surface area contributed by atoms with Crippen LogP contribution in [0.5, 0.6) is 0 Å². The maximum Gasteiger partial charge on any atom is 0.0355 e. The van der Waals surface area contributed by atoms with Crippen LogP contribution in [0.4, 0.5) is 0 Å². The second-order valence-electron chi connectivity index (χ2n) is 13.8. The van der Waals surface area contributed by atoms with Gasteiger partial charge in [-0.25, -0.2) is 0 Å². The zero-order valence-electron chi connectivity index (χ0n) is 28.2. The summed E-state index contributed by atoms with van der Waals surface area (Å²) in [6.45, 7) is 8.00. The molecule has 0 amide bonds. The van der Waals surface area contributed by atoms with Crippen LogP contribution in [-0.4, -0.2) is 0 Å². The summed E-state index contributed by atoms with van der Waals surface area (Å²) in [6.07, 6.45) is 3.82. The fraction of sp³-hybridized carbons (Fsp3) is 0. The van der Waals surface area contributed by atoms with Crippen molar-refractivity contribution in [2.45, 2.75) is 0 Å². The fourth-order valence-electron chi connectivity index (χ4n) is 8.30. The second-order valence-corrected chi connectivity index (χ2v) is 16.0. The average molecular weight is 695 g/mol. The quantitative estimate of drug-likeness (QED) is 0.127. The smallest absolute Gasteiger partial charge is 0.0355 e. The van der Waals surface area contributed by atoms with E-state index in [-0.39, 0.29) is 0 Å². The molecule has 52 heavy (non-hydrogen) atoms. The highest BCUT2D eigenvalue weighted by Gasteiger charge is 2.14. The van der Waals surface area contributed by atoms with E-state index in [1.165, 1.54) is 106 Å². The van der Waals surface area contributed by atoms with Gasteiger partial charge in [0.1, 0.15) is 0 Å². The Morgan fingerprint density at radius 1 is 0.327 bits per heavy atom. The maximum atomic E-state index is 4.02. The minimum absolute atomic E-state index is 1.11. The molecule has 2 heteroatoms. The molecular weight excluding hydrogens is 665 g/mol. The van der Waals surface area contributed by atoms with Gasteiger partial charge in [0.15, 0.2) is 0 Å². The molecule has 11 aromatic rings. The molecule has 0 aliphatic heterocycles. The average Bonchev–Trinajstić information content (AvgIpc) is 3.84. The molecule has 0 atom stereocenters. The van der Waals surface area contributed by atoms with E-state index in [4.69, 9.17) is 0 Å². The van der Waals surface area contributed by atoms with Crippen molar-refractivity contribution in [2.24, 2.45) is 0 Å².